The molecule has 0 aliphatic carbocycles. The molecule has 1 atom stereocenters. The molecule has 6 heteroatoms. The molecule has 1 aliphatic heterocycles. The fourth-order valence-corrected chi connectivity index (χ4v) is 2.52. The molecule has 1 aliphatic rings. The molecular weight excluding hydrogens is 292 g/mol. The molecule has 1 unspecified atom stereocenters. The summed E-state index contributed by atoms with van der Waals surface area (Å²) in [6.07, 6.45) is 3.70. The van der Waals surface area contributed by atoms with Crippen molar-refractivity contribution in [2.45, 2.75) is 52.5 Å². The molecule has 0 aromatic rings. The first-order valence-electron chi connectivity index (χ1n) is 7.69. The van der Waals surface area contributed by atoms with Gasteiger partial charge in [0.15, 0.2) is 0 Å². The van der Waals surface area contributed by atoms with Crippen LogP contribution in [-0.2, 0) is 14.3 Å². The van der Waals surface area contributed by atoms with E-state index in [1.54, 1.807) is 11.8 Å². The van der Waals surface area contributed by atoms with E-state index in [9.17, 15) is 9.59 Å². The van der Waals surface area contributed by atoms with E-state index in [1.165, 1.54) is 6.42 Å². The van der Waals surface area contributed by atoms with E-state index in [-0.39, 0.29) is 30.8 Å². The molecule has 0 saturated carbocycles. The monoisotopic (exact) mass is 320 g/mol. The maximum atomic E-state index is 12.3. The Bertz CT molecular complexity index is 318. The zero-order valence-corrected chi connectivity index (χ0v) is 14.2. The van der Waals surface area contributed by atoms with E-state index < -0.39 is 0 Å². The molecule has 21 heavy (non-hydrogen) atoms. The minimum absolute atomic E-state index is 0. The van der Waals surface area contributed by atoms with E-state index in [1.807, 2.05) is 13.8 Å². The van der Waals surface area contributed by atoms with Gasteiger partial charge < -0.3 is 15.0 Å². The van der Waals surface area contributed by atoms with Crippen molar-refractivity contribution < 1.29 is 14.3 Å². The highest BCUT2D eigenvalue weighted by Crippen LogP contribution is 2.12. The maximum Gasteiger partial charge on any atom is 0.325 e. The van der Waals surface area contributed by atoms with Crippen LogP contribution in [0.3, 0.4) is 0 Å². The highest BCUT2D eigenvalue weighted by molar-refractivity contribution is 5.85. The third kappa shape index (κ3) is 8.27. The van der Waals surface area contributed by atoms with Gasteiger partial charge in [0.05, 0.1) is 6.61 Å². The van der Waals surface area contributed by atoms with Gasteiger partial charge in [0, 0.05) is 19.0 Å². The van der Waals surface area contributed by atoms with Crippen molar-refractivity contribution in [1.29, 1.82) is 0 Å². The predicted octanol–water partition coefficient (Wildman–Crippen LogP) is 1.99. The quantitative estimate of drug-likeness (QED) is 0.695. The van der Waals surface area contributed by atoms with Crippen molar-refractivity contribution in [2.75, 3.05) is 26.2 Å². The molecule has 1 heterocycles. The number of nitrogens with one attached hydrogen (secondary N) is 1. The van der Waals surface area contributed by atoms with Crippen LogP contribution < -0.4 is 5.32 Å². The molecule has 0 bridgehead atoms. The van der Waals surface area contributed by atoms with Gasteiger partial charge in [0.1, 0.15) is 6.54 Å². The van der Waals surface area contributed by atoms with Crippen LogP contribution in [0.2, 0.25) is 0 Å². The largest absolute Gasteiger partial charge is 0.465 e. The molecule has 0 aromatic heterocycles. The van der Waals surface area contributed by atoms with Gasteiger partial charge in [-0.15, -0.1) is 12.4 Å². The predicted molar refractivity (Wildman–Crippen MR) is 85.6 cm³/mol. The van der Waals surface area contributed by atoms with Crippen molar-refractivity contribution in [3.8, 4) is 0 Å². The number of halogens is 1. The summed E-state index contributed by atoms with van der Waals surface area (Å²) >= 11 is 0. The lowest BCUT2D eigenvalue weighted by Gasteiger charge is -2.24. The number of rotatable bonds is 8. The van der Waals surface area contributed by atoms with E-state index in [4.69, 9.17) is 4.74 Å². The summed E-state index contributed by atoms with van der Waals surface area (Å²) in [6, 6.07) is 0.461. The summed E-state index contributed by atoms with van der Waals surface area (Å²) in [5.41, 5.74) is 0. The Morgan fingerprint density at radius 2 is 2.10 bits per heavy atom. The topological polar surface area (TPSA) is 58.6 Å². The lowest BCUT2D eigenvalue weighted by molar-refractivity contribution is -0.149. The standard InChI is InChI=1S/C15H28N2O3.ClH/c1-4-20-15(19)11-17(10-12(2)3)14(18)8-7-13-6-5-9-16-13;/h12-13,16H,4-11H2,1-3H3;1H. The average molecular weight is 321 g/mol. The first kappa shape index (κ1) is 20.2. The zero-order chi connectivity index (χ0) is 15.0. The third-order valence-electron chi connectivity index (χ3n) is 3.43. The van der Waals surface area contributed by atoms with Crippen molar-refractivity contribution in [3.05, 3.63) is 0 Å². The van der Waals surface area contributed by atoms with E-state index in [0.29, 0.717) is 31.5 Å². The first-order valence-corrected chi connectivity index (χ1v) is 7.69. The number of nitrogens with zero attached hydrogens (tertiary/aromatic N) is 1. The Morgan fingerprint density at radius 3 is 2.62 bits per heavy atom. The normalized spacial score (nSPS) is 17.4. The molecule has 1 rings (SSSR count). The number of hydrogen-bond acceptors (Lipinski definition) is 4. The summed E-state index contributed by atoms with van der Waals surface area (Å²) < 4.78 is 4.94. The van der Waals surface area contributed by atoms with Crippen LogP contribution in [0.25, 0.3) is 0 Å². The molecule has 0 aromatic carbocycles. The molecule has 0 spiro atoms. The van der Waals surface area contributed by atoms with Crippen molar-refractivity contribution >= 4 is 24.3 Å². The lowest BCUT2D eigenvalue weighted by Crippen LogP contribution is -2.39. The van der Waals surface area contributed by atoms with Crippen molar-refractivity contribution in [1.82, 2.24) is 10.2 Å². The van der Waals surface area contributed by atoms with Gasteiger partial charge in [0.2, 0.25) is 5.91 Å². The lowest BCUT2D eigenvalue weighted by atomic mass is 10.1. The number of carbonyl (C=O) groups is 2. The summed E-state index contributed by atoms with van der Waals surface area (Å²) in [5, 5.41) is 3.39. The fourth-order valence-electron chi connectivity index (χ4n) is 2.52. The van der Waals surface area contributed by atoms with Crippen molar-refractivity contribution in [2.24, 2.45) is 5.92 Å². The molecule has 124 valence electrons. The highest BCUT2D eigenvalue weighted by Gasteiger charge is 2.21. The maximum absolute atomic E-state index is 12.3. The Kier molecular flexibility index (Phi) is 10.4. The van der Waals surface area contributed by atoms with E-state index >= 15 is 0 Å². The number of amides is 1. The Labute approximate surface area is 134 Å². The van der Waals surface area contributed by atoms with Crippen LogP contribution in [0.1, 0.15) is 46.5 Å². The third-order valence-corrected chi connectivity index (χ3v) is 3.43. The Morgan fingerprint density at radius 1 is 1.38 bits per heavy atom. The van der Waals surface area contributed by atoms with Gasteiger partial charge in [-0.3, -0.25) is 9.59 Å². The molecule has 1 amide bonds. The Hall–Kier alpha value is -0.810. The van der Waals surface area contributed by atoms with Crippen LogP contribution in [0.15, 0.2) is 0 Å². The van der Waals surface area contributed by atoms with Crippen LogP contribution in [0.4, 0.5) is 0 Å². The van der Waals surface area contributed by atoms with Gasteiger partial charge in [-0.25, -0.2) is 0 Å². The van der Waals surface area contributed by atoms with Gasteiger partial charge in [-0.2, -0.15) is 0 Å². The van der Waals surface area contributed by atoms with Gasteiger partial charge in [-0.1, -0.05) is 13.8 Å². The number of ether oxygens (including phenoxy) is 1. The van der Waals surface area contributed by atoms with Crippen LogP contribution in [0, 0.1) is 5.92 Å². The average Bonchev–Trinajstić information content (AvgIpc) is 2.88. The molecule has 1 fully saturated rings. The summed E-state index contributed by atoms with van der Waals surface area (Å²) in [6.45, 7) is 7.96. The Balaban J connectivity index is 0.00000400. The molecule has 5 nitrogen and oxygen atoms in total. The molecule has 0 radical (unpaired) electrons. The fraction of sp³-hybridized carbons (Fsp3) is 0.867. The first-order chi connectivity index (χ1) is 9.52. The van der Waals surface area contributed by atoms with Crippen LogP contribution >= 0.6 is 12.4 Å². The molecule has 1 saturated heterocycles. The van der Waals surface area contributed by atoms with E-state index in [0.717, 1.165) is 19.4 Å². The summed E-state index contributed by atoms with van der Waals surface area (Å²) in [5.74, 6) is 0.0823. The van der Waals surface area contributed by atoms with E-state index in [2.05, 4.69) is 5.32 Å². The number of esters is 1. The minimum atomic E-state index is -0.319. The van der Waals surface area contributed by atoms with Crippen molar-refractivity contribution in [3.63, 3.8) is 0 Å². The SMILES string of the molecule is CCOC(=O)CN(CC(C)C)C(=O)CCC1CCCN1.Cl. The molecular formula is C15H29ClN2O3. The number of hydrogen-bond donors (Lipinski definition) is 1. The van der Waals surface area contributed by atoms with Crippen LogP contribution in [-0.4, -0.2) is 49.1 Å². The van der Waals surface area contributed by atoms with Gasteiger partial charge in [-0.05, 0) is 38.6 Å². The highest BCUT2D eigenvalue weighted by atomic mass is 35.5. The minimum Gasteiger partial charge on any atom is -0.465 e. The summed E-state index contributed by atoms with van der Waals surface area (Å²) in [4.78, 5) is 25.5. The van der Waals surface area contributed by atoms with Gasteiger partial charge in [0.25, 0.3) is 0 Å². The second kappa shape index (κ2) is 10.9. The summed E-state index contributed by atoms with van der Waals surface area (Å²) in [7, 11) is 0. The van der Waals surface area contributed by atoms with Crippen LogP contribution in [0.5, 0.6) is 0 Å². The molecule has 1 N–H and O–H groups in total. The number of carbonyl (C=O) groups excluding carboxylic acids is 2. The van der Waals surface area contributed by atoms with Gasteiger partial charge >= 0.3 is 5.97 Å². The smallest absolute Gasteiger partial charge is 0.325 e. The second-order valence-corrected chi connectivity index (χ2v) is 5.81. The zero-order valence-electron chi connectivity index (χ0n) is 13.4. The second-order valence-electron chi connectivity index (χ2n) is 5.81.